The average molecular weight is 286 g/mol. The summed E-state index contributed by atoms with van der Waals surface area (Å²) < 4.78 is 10.4. The van der Waals surface area contributed by atoms with E-state index in [1.54, 1.807) is 38.6 Å². The van der Waals surface area contributed by atoms with Crippen molar-refractivity contribution in [3.8, 4) is 17.2 Å². The van der Waals surface area contributed by atoms with Gasteiger partial charge in [0.15, 0.2) is 11.5 Å². The molecule has 0 radical (unpaired) electrons. The summed E-state index contributed by atoms with van der Waals surface area (Å²) in [6.07, 6.45) is 1.65. The fourth-order valence-electron chi connectivity index (χ4n) is 1.85. The van der Waals surface area contributed by atoms with Gasteiger partial charge in [-0.2, -0.15) is 5.10 Å². The lowest BCUT2D eigenvalue weighted by molar-refractivity contribution is 0.354. The van der Waals surface area contributed by atoms with Crippen LogP contribution in [0.4, 0.5) is 0 Å². The molecule has 2 aromatic carbocycles. The Bertz CT molecular complexity index is 627. The number of nitrogens with one attached hydrogen (secondary N) is 1. The zero-order valence-corrected chi connectivity index (χ0v) is 12.0. The predicted molar refractivity (Wildman–Crippen MR) is 82.1 cm³/mol. The van der Waals surface area contributed by atoms with Gasteiger partial charge in [0, 0.05) is 0 Å². The number of phenolic OH excluding ortho intramolecular Hbond substituents is 1. The van der Waals surface area contributed by atoms with Gasteiger partial charge >= 0.3 is 0 Å². The molecule has 0 atom stereocenters. The van der Waals surface area contributed by atoms with Gasteiger partial charge in [-0.15, -0.1) is 0 Å². The summed E-state index contributed by atoms with van der Waals surface area (Å²) in [5.74, 6) is 1.61. The van der Waals surface area contributed by atoms with E-state index in [0.29, 0.717) is 18.0 Å². The maximum atomic E-state index is 9.35. The molecule has 0 bridgehead atoms. The van der Waals surface area contributed by atoms with Crippen molar-refractivity contribution in [3.63, 3.8) is 0 Å². The van der Waals surface area contributed by atoms with Crippen LogP contribution in [0.1, 0.15) is 11.1 Å². The normalized spacial score (nSPS) is 10.6. The van der Waals surface area contributed by atoms with Crippen LogP contribution in [0.15, 0.2) is 47.6 Å². The number of benzene rings is 2. The Morgan fingerprint density at radius 1 is 1.10 bits per heavy atom. The molecule has 2 aromatic rings. The topological polar surface area (TPSA) is 63.1 Å². The van der Waals surface area contributed by atoms with Crippen LogP contribution in [0.25, 0.3) is 0 Å². The highest BCUT2D eigenvalue weighted by Crippen LogP contribution is 2.27. The molecule has 5 heteroatoms. The molecule has 110 valence electrons. The number of ether oxygens (including phenoxy) is 2. The number of aromatic hydroxyl groups is 1. The molecule has 0 unspecified atom stereocenters. The van der Waals surface area contributed by atoms with Crippen LogP contribution < -0.4 is 14.9 Å². The zero-order chi connectivity index (χ0) is 15.1. The fraction of sp³-hybridized carbons (Fsp3) is 0.188. The number of hydrogen-bond acceptors (Lipinski definition) is 5. The second-order valence-electron chi connectivity index (χ2n) is 4.38. The monoisotopic (exact) mass is 286 g/mol. The predicted octanol–water partition coefficient (Wildman–Crippen LogP) is 2.53. The van der Waals surface area contributed by atoms with Crippen molar-refractivity contribution in [2.24, 2.45) is 5.10 Å². The average Bonchev–Trinajstić information content (AvgIpc) is 2.51. The number of nitrogens with zero attached hydrogens (tertiary/aromatic N) is 1. The molecule has 0 aliphatic carbocycles. The van der Waals surface area contributed by atoms with Crippen LogP contribution in [0, 0.1) is 0 Å². The van der Waals surface area contributed by atoms with E-state index in [0.717, 1.165) is 11.1 Å². The van der Waals surface area contributed by atoms with Gasteiger partial charge in [0.2, 0.25) is 0 Å². The van der Waals surface area contributed by atoms with Gasteiger partial charge in [-0.25, -0.2) is 0 Å². The first-order valence-electron chi connectivity index (χ1n) is 6.49. The smallest absolute Gasteiger partial charge is 0.161 e. The highest BCUT2D eigenvalue weighted by Gasteiger charge is 2.03. The van der Waals surface area contributed by atoms with Crippen molar-refractivity contribution < 1.29 is 14.6 Å². The molecule has 0 spiro atoms. The Labute approximate surface area is 123 Å². The van der Waals surface area contributed by atoms with E-state index in [9.17, 15) is 5.11 Å². The van der Waals surface area contributed by atoms with Crippen LogP contribution in [0.2, 0.25) is 0 Å². The molecule has 0 amide bonds. The van der Waals surface area contributed by atoms with Crippen LogP contribution >= 0.6 is 0 Å². The summed E-state index contributed by atoms with van der Waals surface area (Å²) in [6, 6.07) is 12.6. The molecule has 2 rings (SSSR count). The van der Waals surface area contributed by atoms with E-state index < -0.39 is 0 Å². The SMILES string of the molecule is COc1ccc(CN/N=C/c2cccc(O)c2)cc1OC. The van der Waals surface area contributed by atoms with Gasteiger partial charge in [-0.1, -0.05) is 18.2 Å². The highest BCUT2D eigenvalue weighted by molar-refractivity contribution is 5.79. The molecule has 0 heterocycles. The van der Waals surface area contributed by atoms with E-state index >= 15 is 0 Å². The molecule has 0 saturated carbocycles. The number of phenols is 1. The second-order valence-corrected chi connectivity index (χ2v) is 4.38. The summed E-state index contributed by atoms with van der Waals surface area (Å²) in [5.41, 5.74) is 4.81. The van der Waals surface area contributed by atoms with Crippen molar-refractivity contribution in [2.75, 3.05) is 14.2 Å². The van der Waals surface area contributed by atoms with E-state index in [1.165, 1.54) is 0 Å². The molecule has 0 aromatic heterocycles. The summed E-state index contributed by atoms with van der Waals surface area (Å²) in [6.45, 7) is 0.565. The van der Waals surface area contributed by atoms with Crippen LogP contribution in [0.3, 0.4) is 0 Å². The zero-order valence-electron chi connectivity index (χ0n) is 12.0. The standard InChI is InChI=1S/C16H18N2O3/c1-20-15-7-6-13(9-16(15)21-2)11-18-17-10-12-4-3-5-14(19)8-12/h3-10,18-19H,11H2,1-2H3/b17-10+. The largest absolute Gasteiger partial charge is 0.508 e. The molecule has 21 heavy (non-hydrogen) atoms. The molecular formula is C16H18N2O3. The Balaban J connectivity index is 1.94. The first-order valence-corrected chi connectivity index (χ1v) is 6.49. The summed E-state index contributed by atoms with van der Waals surface area (Å²) in [5, 5.41) is 13.5. The molecule has 5 nitrogen and oxygen atoms in total. The van der Waals surface area contributed by atoms with Gasteiger partial charge < -0.3 is 20.0 Å². The van der Waals surface area contributed by atoms with Gasteiger partial charge in [-0.3, -0.25) is 0 Å². The summed E-state index contributed by atoms with van der Waals surface area (Å²) in [7, 11) is 3.21. The maximum Gasteiger partial charge on any atom is 0.161 e. The Morgan fingerprint density at radius 2 is 1.90 bits per heavy atom. The van der Waals surface area contributed by atoms with Gasteiger partial charge in [0.05, 0.1) is 27.0 Å². The third-order valence-electron chi connectivity index (χ3n) is 2.91. The van der Waals surface area contributed by atoms with Crippen molar-refractivity contribution >= 4 is 6.21 Å². The third-order valence-corrected chi connectivity index (χ3v) is 2.91. The number of rotatable bonds is 6. The number of hydrogen-bond donors (Lipinski definition) is 2. The van der Waals surface area contributed by atoms with Crippen molar-refractivity contribution in [2.45, 2.75) is 6.54 Å². The third kappa shape index (κ3) is 4.14. The molecule has 0 saturated heterocycles. The Kier molecular flexibility index (Phi) is 5.04. The van der Waals surface area contributed by atoms with Gasteiger partial charge in [0.1, 0.15) is 5.75 Å². The summed E-state index contributed by atoms with van der Waals surface area (Å²) >= 11 is 0. The van der Waals surface area contributed by atoms with E-state index in [1.807, 2.05) is 24.3 Å². The number of hydrazone groups is 1. The van der Waals surface area contributed by atoms with Gasteiger partial charge in [0.25, 0.3) is 0 Å². The van der Waals surface area contributed by atoms with Crippen LogP contribution in [-0.4, -0.2) is 25.5 Å². The maximum absolute atomic E-state index is 9.35. The second kappa shape index (κ2) is 7.19. The Morgan fingerprint density at radius 3 is 2.62 bits per heavy atom. The summed E-state index contributed by atoms with van der Waals surface area (Å²) in [4.78, 5) is 0. The molecule has 0 fully saturated rings. The van der Waals surface area contributed by atoms with E-state index in [-0.39, 0.29) is 5.75 Å². The van der Waals surface area contributed by atoms with Gasteiger partial charge in [-0.05, 0) is 35.4 Å². The van der Waals surface area contributed by atoms with Crippen molar-refractivity contribution in [1.82, 2.24) is 5.43 Å². The lowest BCUT2D eigenvalue weighted by atomic mass is 10.2. The molecular weight excluding hydrogens is 268 g/mol. The molecule has 0 aliphatic heterocycles. The van der Waals surface area contributed by atoms with Crippen LogP contribution in [0.5, 0.6) is 17.2 Å². The molecule has 0 aliphatic rings. The highest BCUT2D eigenvalue weighted by atomic mass is 16.5. The van der Waals surface area contributed by atoms with Crippen molar-refractivity contribution in [3.05, 3.63) is 53.6 Å². The minimum absolute atomic E-state index is 0.221. The van der Waals surface area contributed by atoms with Crippen LogP contribution in [-0.2, 0) is 6.54 Å². The van der Waals surface area contributed by atoms with Crippen molar-refractivity contribution in [1.29, 1.82) is 0 Å². The first kappa shape index (κ1) is 14.7. The minimum Gasteiger partial charge on any atom is -0.508 e. The number of methoxy groups -OCH3 is 2. The minimum atomic E-state index is 0.221. The fourth-order valence-corrected chi connectivity index (χ4v) is 1.85. The van der Waals surface area contributed by atoms with E-state index in [4.69, 9.17) is 9.47 Å². The first-order chi connectivity index (χ1) is 10.2. The molecule has 2 N–H and O–H groups in total. The van der Waals surface area contributed by atoms with E-state index in [2.05, 4.69) is 10.5 Å². The lowest BCUT2D eigenvalue weighted by Crippen LogP contribution is -2.06. The lowest BCUT2D eigenvalue weighted by Gasteiger charge is -2.09. The Hall–Kier alpha value is -2.69. The quantitative estimate of drug-likeness (QED) is 0.633.